The second-order valence-corrected chi connectivity index (χ2v) is 20.8. The van der Waals surface area contributed by atoms with Crippen LogP contribution in [0.3, 0.4) is 0 Å². The van der Waals surface area contributed by atoms with Crippen LogP contribution in [-0.4, -0.2) is 51.0 Å². The van der Waals surface area contributed by atoms with Gasteiger partial charge in [-0.15, -0.1) is 0 Å². The van der Waals surface area contributed by atoms with Gasteiger partial charge >= 0.3 is 0 Å². The molecule has 22 heteroatoms. The molecule has 384 valence electrons. The molecule has 3 fully saturated rings. The minimum absolute atomic E-state index is 0.0702. The van der Waals surface area contributed by atoms with Gasteiger partial charge in [-0.3, -0.25) is 40.5 Å². The Balaban J connectivity index is 0.000000192. The monoisotopic (exact) mass is 1200 g/mol. The number of nitro benzene ring substituents is 4. The van der Waals surface area contributed by atoms with Crippen LogP contribution in [0.5, 0.6) is 0 Å². The highest BCUT2D eigenvalue weighted by Crippen LogP contribution is 2.51. The van der Waals surface area contributed by atoms with Gasteiger partial charge < -0.3 is 19.4 Å². The van der Waals surface area contributed by atoms with E-state index in [1.807, 2.05) is 66.9 Å². The van der Waals surface area contributed by atoms with E-state index in [1.165, 1.54) is 24.3 Å². The Labute approximate surface area is 463 Å². The maximum absolute atomic E-state index is 11.7. The van der Waals surface area contributed by atoms with Crippen molar-refractivity contribution in [3.8, 4) is 11.1 Å². The molecule has 6 aromatic carbocycles. The lowest BCUT2D eigenvalue weighted by molar-refractivity contribution is -0.384. The number of hydrogen-bond donors (Lipinski definition) is 0. The van der Waals surface area contributed by atoms with Gasteiger partial charge in [-0.05, 0) is 149 Å². The van der Waals surface area contributed by atoms with Crippen LogP contribution in [0.4, 0.5) is 39.9 Å². The van der Waals surface area contributed by atoms with Gasteiger partial charge in [0.05, 0.1) is 57.1 Å². The summed E-state index contributed by atoms with van der Waals surface area (Å²) >= 11 is 26.5. The summed E-state index contributed by atoms with van der Waals surface area (Å²) in [6, 6.07) is 38.7. The average Bonchev–Trinajstić information content (AvgIpc) is 4.07. The smallest absolute Gasteiger partial charge is 0.288 e. The fourth-order valence-corrected chi connectivity index (χ4v) is 11.2. The molecule has 4 unspecified atom stereocenters. The number of hydrogen-bond acceptors (Lipinski definition) is 13. The molecule has 4 atom stereocenters. The van der Waals surface area contributed by atoms with Gasteiger partial charge in [0.1, 0.15) is 25.9 Å². The summed E-state index contributed by atoms with van der Waals surface area (Å²) in [5.41, 5.74) is 6.19. The fourth-order valence-electron chi connectivity index (χ4n) is 10.1. The zero-order valence-corrected chi connectivity index (χ0v) is 44.6. The normalized spacial score (nSPS) is 18.3. The third-order valence-corrected chi connectivity index (χ3v) is 15.7. The molecule has 3 aliphatic heterocycles. The highest BCUT2D eigenvalue weighted by Gasteiger charge is 2.39. The SMILES string of the molecule is O=[N+]([O-])c1cc(C2CCC(c3ccc(Cl)c([N+](=O)[O-])c3)N2c2ccc(-c3ccc(N4CCOCC4)nc3)cc2)ccc1Cl.O=[N+]([O-])c1cc(C2CCC(c3ccc(Cl)c([N+](=O)[O-])c3)N2c2ccc(I)cc2)ccc1Cl. The number of aromatic nitrogens is 1. The van der Waals surface area contributed by atoms with E-state index in [4.69, 9.17) is 51.1 Å². The van der Waals surface area contributed by atoms with Crippen molar-refractivity contribution >= 4 is 109 Å². The number of morpholine rings is 1. The van der Waals surface area contributed by atoms with Crippen LogP contribution in [0.1, 0.15) is 72.1 Å². The summed E-state index contributed by atoms with van der Waals surface area (Å²) in [5.74, 6) is 0.917. The molecular formula is C53H43Cl4IN8O9. The summed E-state index contributed by atoms with van der Waals surface area (Å²) in [4.78, 5) is 55.4. The van der Waals surface area contributed by atoms with E-state index in [9.17, 15) is 40.5 Å². The average molecular weight is 1200 g/mol. The number of anilines is 3. The number of halogens is 5. The zero-order valence-electron chi connectivity index (χ0n) is 39.4. The number of rotatable bonds is 12. The molecule has 3 saturated heterocycles. The predicted octanol–water partition coefficient (Wildman–Crippen LogP) is 15.3. The van der Waals surface area contributed by atoms with Crippen LogP contribution in [0.2, 0.25) is 20.1 Å². The van der Waals surface area contributed by atoms with Crippen molar-refractivity contribution in [2.75, 3.05) is 41.0 Å². The summed E-state index contributed by atoms with van der Waals surface area (Å²) in [5, 5.41) is 46.5. The standard InChI is InChI=1S/C31H27Cl2N5O5.C22H16Cl2IN3O4/c32-25-8-3-21(17-29(25)37(39)40)27-10-11-28(22-4-9-26(33)30(18-22)38(41)42)36(27)24-6-1-20(2-7-24)23-5-12-31(34-19-23)35-13-15-43-16-14-35;23-17-7-1-13(11-21(17)27(29)30)19-9-10-20(26(19)16-5-3-15(25)4-6-16)14-2-8-18(24)22(12-14)28(31)32/h1-9,12,17-19,27-28H,10-11,13-16H2;1-8,11-12,19-20H,9-10H2. The lowest BCUT2D eigenvalue weighted by Gasteiger charge is -2.33. The second kappa shape index (κ2) is 23.1. The minimum atomic E-state index is -0.490. The van der Waals surface area contributed by atoms with E-state index < -0.39 is 19.7 Å². The highest BCUT2D eigenvalue weighted by atomic mass is 127. The summed E-state index contributed by atoms with van der Waals surface area (Å²) in [7, 11) is 0. The maximum atomic E-state index is 11.7. The van der Waals surface area contributed by atoms with Crippen molar-refractivity contribution in [3.63, 3.8) is 0 Å². The number of ether oxygens (including phenoxy) is 1. The summed E-state index contributed by atoms with van der Waals surface area (Å²) in [6.45, 7) is 3.01. The Morgan fingerprint density at radius 3 is 1.12 bits per heavy atom. The molecule has 75 heavy (non-hydrogen) atoms. The Morgan fingerprint density at radius 1 is 0.467 bits per heavy atom. The first kappa shape index (κ1) is 53.2. The predicted molar refractivity (Wildman–Crippen MR) is 299 cm³/mol. The molecule has 0 aliphatic carbocycles. The van der Waals surface area contributed by atoms with E-state index in [2.05, 4.69) is 42.3 Å². The molecule has 4 heterocycles. The lowest BCUT2D eigenvalue weighted by Crippen LogP contribution is -2.36. The molecule has 0 N–H and O–H groups in total. The fraction of sp³-hybridized carbons (Fsp3) is 0.226. The number of benzene rings is 6. The van der Waals surface area contributed by atoms with Crippen molar-refractivity contribution < 1.29 is 24.4 Å². The third kappa shape index (κ3) is 11.6. The first-order chi connectivity index (χ1) is 36.1. The van der Waals surface area contributed by atoms with E-state index >= 15 is 0 Å². The van der Waals surface area contributed by atoms with Gasteiger partial charge in [-0.25, -0.2) is 4.98 Å². The summed E-state index contributed by atoms with van der Waals surface area (Å²) < 4.78 is 6.51. The van der Waals surface area contributed by atoms with E-state index in [0.717, 1.165) is 67.2 Å². The minimum Gasteiger partial charge on any atom is -0.378 e. The van der Waals surface area contributed by atoms with Crippen molar-refractivity contribution in [3.05, 3.63) is 226 Å². The first-order valence-electron chi connectivity index (χ1n) is 23.5. The number of nitro groups is 4. The van der Waals surface area contributed by atoms with Crippen molar-refractivity contribution in [2.45, 2.75) is 49.9 Å². The van der Waals surface area contributed by atoms with Crippen LogP contribution in [0.15, 0.2) is 140 Å². The molecule has 7 aromatic rings. The largest absolute Gasteiger partial charge is 0.378 e. The molecule has 0 saturated carbocycles. The van der Waals surface area contributed by atoms with Crippen molar-refractivity contribution in [2.24, 2.45) is 0 Å². The molecule has 0 spiro atoms. The Bertz CT molecular complexity index is 3160. The molecular weight excluding hydrogens is 1160 g/mol. The van der Waals surface area contributed by atoms with Crippen LogP contribution in [0, 0.1) is 44.0 Å². The Kier molecular flexibility index (Phi) is 16.3. The number of nitrogens with zero attached hydrogens (tertiary/aromatic N) is 8. The Morgan fingerprint density at radius 2 is 0.800 bits per heavy atom. The van der Waals surface area contributed by atoms with Crippen LogP contribution < -0.4 is 14.7 Å². The zero-order chi connectivity index (χ0) is 53.1. The molecule has 3 aliphatic rings. The van der Waals surface area contributed by atoms with Crippen LogP contribution in [-0.2, 0) is 4.74 Å². The van der Waals surface area contributed by atoms with Crippen LogP contribution >= 0.6 is 69.0 Å². The van der Waals surface area contributed by atoms with E-state index in [-0.39, 0.29) is 67.0 Å². The molecule has 0 amide bonds. The first-order valence-corrected chi connectivity index (χ1v) is 26.1. The van der Waals surface area contributed by atoms with Crippen molar-refractivity contribution in [1.82, 2.24) is 4.98 Å². The van der Waals surface area contributed by atoms with Gasteiger partial charge in [-0.2, -0.15) is 0 Å². The van der Waals surface area contributed by atoms with Gasteiger partial charge in [0.25, 0.3) is 22.7 Å². The Hall–Kier alpha value is -6.68. The van der Waals surface area contributed by atoms with Gasteiger partial charge in [0.2, 0.25) is 0 Å². The third-order valence-electron chi connectivity index (χ3n) is 13.7. The number of pyridine rings is 1. The molecule has 0 bridgehead atoms. The molecule has 10 rings (SSSR count). The van der Waals surface area contributed by atoms with Crippen LogP contribution in [0.25, 0.3) is 11.1 Å². The quantitative estimate of drug-likeness (QED) is 0.0635. The van der Waals surface area contributed by atoms with Gasteiger partial charge in [0, 0.05) is 64.1 Å². The van der Waals surface area contributed by atoms with Gasteiger partial charge in [0.15, 0.2) is 0 Å². The summed E-state index contributed by atoms with van der Waals surface area (Å²) in [6.07, 6.45) is 4.64. The molecule has 0 radical (unpaired) electrons. The second-order valence-electron chi connectivity index (χ2n) is 17.9. The maximum Gasteiger partial charge on any atom is 0.288 e. The molecule has 17 nitrogen and oxygen atoms in total. The van der Waals surface area contributed by atoms with E-state index in [1.54, 1.807) is 48.5 Å². The lowest BCUT2D eigenvalue weighted by atomic mass is 10.0. The van der Waals surface area contributed by atoms with Gasteiger partial charge in [-0.1, -0.05) is 82.8 Å². The van der Waals surface area contributed by atoms with E-state index in [0.29, 0.717) is 38.9 Å². The topological polar surface area (TPSA) is 204 Å². The molecule has 1 aromatic heterocycles. The highest BCUT2D eigenvalue weighted by molar-refractivity contribution is 14.1. The van der Waals surface area contributed by atoms with Crippen molar-refractivity contribution in [1.29, 1.82) is 0 Å².